The van der Waals surface area contributed by atoms with Crippen LogP contribution in [0.1, 0.15) is 32.4 Å². The molecule has 0 spiro atoms. The number of nitrogens with zero attached hydrogens (tertiary/aromatic N) is 2. The van der Waals surface area contributed by atoms with Gasteiger partial charge >= 0.3 is 5.69 Å². The van der Waals surface area contributed by atoms with Crippen LogP contribution in [0.2, 0.25) is 0 Å². The summed E-state index contributed by atoms with van der Waals surface area (Å²) in [6.07, 6.45) is -0.361. The maximum Gasteiger partial charge on any atom is 0.335 e. The van der Waals surface area contributed by atoms with E-state index in [0.29, 0.717) is 11.2 Å². The summed E-state index contributed by atoms with van der Waals surface area (Å²) in [4.78, 5) is 24.1. The zero-order valence-corrected chi connectivity index (χ0v) is 12.9. The van der Waals surface area contributed by atoms with Crippen LogP contribution in [0.5, 0.6) is 0 Å². The average Bonchev–Trinajstić information content (AvgIpc) is 2.91. The molecule has 0 saturated carbocycles. The number of aliphatic hydroxyl groups is 2. The second-order valence-corrected chi connectivity index (χ2v) is 5.41. The standard InChI is InChI=1S/C14H21FN2O6/c1-2-3-4-22-8-17-13(20)9(15)6-16(14(17)21)12-5-10(19)11(7-18)23-12/h6,10-12,18-19H,2-5,7-8H2,1H3/t10-,11+,12+/m0/s1. The van der Waals surface area contributed by atoms with Gasteiger partial charge < -0.3 is 19.7 Å². The Morgan fingerprint density at radius 2 is 2.22 bits per heavy atom. The van der Waals surface area contributed by atoms with Crippen molar-refractivity contribution in [1.29, 1.82) is 0 Å². The molecule has 1 aromatic rings. The van der Waals surface area contributed by atoms with Crippen molar-refractivity contribution in [3.8, 4) is 0 Å². The number of aromatic nitrogens is 2. The smallest absolute Gasteiger partial charge is 0.335 e. The molecule has 0 amide bonds. The quantitative estimate of drug-likeness (QED) is 0.657. The summed E-state index contributed by atoms with van der Waals surface area (Å²) in [5, 5.41) is 18.8. The molecule has 2 rings (SSSR count). The molecule has 1 aromatic heterocycles. The second-order valence-electron chi connectivity index (χ2n) is 5.41. The molecule has 0 aromatic carbocycles. The predicted molar refractivity (Wildman–Crippen MR) is 77.4 cm³/mol. The van der Waals surface area contributed by atoms with Gasteiger partial charge in [-0.15, -0.1) is 0 Å². The van der Waals surface area contributed by atoms with Crippen LogP contribution in [0.4, 0.5) is 4.39 Å². The highest BCUT2D eigenvalue weighted by molar-refractivity contribution is 4.93. The van der Waals surface area contributed by atoms with Crippen LogP contribution in [0.3, 0.4) is 0 Å². The molecule has 1 aliphatic heterocycles. The lowest BCUT2D eigenvalue weighted by molar-refractivity contribution is -0.0474. The first-order valence-corrected chi connectivity index (χ1v) is 7.53. The lowest BCUT2D eigenvalue weighted by atomic mass is 10.2. The van der Waals surface area contributed by atoms with Gasteiger partial charge in [-0.3, -0.25) is 9.36 Å². The molecular formula is C14H21FN2O6. The minimum atomic E-state index is -1.12. The van der Waals surface area contributed by atoms with Crippen molar-refractivity contribution in [3.05, 3.63) is 32.9 Å². The fraction of sp³-hybridized carbons (Fsp3) is 0.714. The first-order valence-electron chi connectivity index (χ1n) is 7.53. The highest BCUT2D eigenvalue weighted by atomic mass is 19.1. The van der Waals surface area contributed by atoms with Crippen LogP contribution >= 0.6 is 0 Å². The normalized spacial score (nSPS) is 24.3. The molecule has 2 heterocycles. The fourth-order valence-corrected chi connectivity index (χ4v) is 2.36. The minimum Gasteiger partial charge on any atom is -0.394 e. The van der Waals surface area contributed by atoms with Crippen molar-refractivity contribution in [2.75, 3.05) is 13.2 Å². The first-order chi connectivity index (χ1) is 11.0. The molecule has 0 aliphatic carbocycles. The molecule has 1 fully saturated rings. The Morgan fingerprint density at radius 3 is 2.83 bits per heavy atom. The van der Waals surface area contributed by atoms with E-state index >= 15 is 0 Å². The highest BCUT2D eigenvalue weighted by Crippen LogP contribution is 2.27. The van der Waals surface area contributed by atoms with Gasteiger partial charge in [0.1, 0.15) is 19.1 Å². The van der Waals surface area contributed by atoms with Crippen molar-refractivity contribution < 1.29 is 24.1 Å². The molecule has 9 heteroatoms. The Bertz CT molecular complexity index is 643. The molecule has 1 saturated heterocycles. The number of hydrogen-bond donors (Lipinski definition) is 2. The largest absolute Gasteiger partial charge is 0.394 e. The van der Waals surface area contributed by atoms with Crippen molar-refractivity contribution in [2.45, 2.75) is 51.4 Å². The molecule has 2 N–H and O–H groups in total. The van der Waals surface area contributed by atoms with Crippen LogP contribution in [0.15, 0.2) is 15.8 Å². The maximum atomic E-state index is 13.8. The van der Waals surface area contributed by atoms with E-state index in [0.717, 1.165) is 23.6 Å². The van der Waals surface area contributed by atoms with E-state index in [1.807, 2.05) is 6.92 Å². The molecule has 0 bridgehead atoms. The average molecular weight is 332 g/mol. The summed E-state index contributed by atoms with van der Waals surface area (Å²) in [5.41, 5.74) is -1.86. The molecular weight excluding hydrogens is 311 g/mol. The van der Waals surface area contributed by atoms with Gasteiger partial charge in [0.05, 0.1) is 18.9 Å². The second kappa shape index (κ2) is 7.82. The van der Waals surface area contributed by atoms with Crippen molar-refractivity contribution in [3.63, 3.8) is 0 Å². The summed E-state index contributed by atoms with van der Waals surface area (Å²) in [7, 11) is 0. The Balaban J connectivity index is 2.26. The van der Waals surface area contributed by atoms with E-state index in [9.17, 15) is 19.1 Å². The number of ether oxygens (including phenoxy) is 2. The summed E-state index contributed by atoms with van der Waals surface area (Å²) in [5.74, 6) is -1.12. The number of hydrogen-bond acceptors (Lipinski definition) is 6. The van der Waals surface area contributed by atoms with Crippen molar-refractivity contribution in [2.24, 2.45) is 0 Å². The Kier molecular flexibility index (Phi) is 6.05. The van der Waals surface area contributed by atoms with Crippen molar-refractivity contribution in [1.82, 2.24) is 9.13 Å². The van der Waals surface area contributed by atoms with E-state index in [4.69, 9.17) is 14.6 Å². The molecule has 0 radical (unpaired) electrons. The predicted octanol–water partition coefficient (Wildman–Crippen LogP) is -0.436. The van der Waals surface area contributed by atoms with Gasteiger partial charge in [-0.05, 0) is 6.42 Å². The lowest BCUT2D eigenvalue weighted by Gasteiger charge is -2.16. The number of aliphatic hydroxyl groups excluding tert-OH is 2. The van der Waals surface area contributed by atoms with E-state index < -0.39 is 42.1 Å². The third-order valence-electron chi connectivity index (χ3n) is 3.71. The van der Waals surface area contributed by atoms with E-state index in [2.05, 4.69) is 0 Å². The fourth-order valence-electron chi connectivity index (χ4n) is 2.36. The van der Waals surface area contributed by atoms with E-state index in [-0.39, 0.29) is 13.2 Å². The van der Waals surface area contributed by atoms with Crippen LogP contribution in [-0.4, -0.2) is 44.8 Å². The van der Waals surface area contributed by atoms with Crippen LogP contribution in [0, 0.1) is 5.82 Å². The summed E-state index contributed by atoms with van der Waals surface area (Å²) < 4.78 is 25.9. The van der Waals surface area contributed by atoms with Crippen LogP contribution in [0.25, 0.3) is 0 Å². The number of rotatable bonds is 7. The number of halogens is 1. The molecule has 3 atom stereocenters. The first kappa shape index (κ1) is 17.8. The summed E-state index contributed by atoms with van der Waals surface area (Å²) in [6, 6.07) is 0. The maximum absolute atomic E-state index is 13.8. The third kappa shape index (κ3) is 3.86. The zero-order chi connectivity index (χ0) is 17.0. The molecule has 1 aliphatic rings. The topological polar surface area (TPSA) is 103 Å². The minimum absolute atomic E-state index is 0.0134. The molecule has 130 valence electrons. The van der Waals surface area contributed by atoms with Crippen LogP contribution in [-0.2, 0) is 16.2 Å². The Labute approximate surface area is 131 Å². The van der Waals surface area contributed by atoms with Gasteiger partial charge in [-0.25, -0.2) is 9.36 Å². The van der Waals surface area contributed by atoms with E-state index in [1.165, 1.54) is 0 Å². The van der Waals surface area contributed by atoms with Gasteiger partial charge in [0.15, 0.2) is 0 Å². The lowest BCUT2D eigenvalue weighted by Crippen LogP contribution is -2.43. The molecule has 23 heavy (non-hydrogen) atoms. The summed E-state index contributed by atoms with van der Waals surface area (Å²) in [6.45, 7) is 1.54. The SMILES string of the molecule is CCCCOCn1c(=O)c(F)cn([C@H]2C[C@H](O)[C@@H](CO)O2)c1=O. The zero-order valence-electron chi connectivity index (χ0n) is 12.9. The Hall–Kier alpha value is -1.55. The highest BCUT2D eigenvalue weighted by Gasteiger charge is 2.35. The van der Waals surface area contributed by atoms with Crippen molar-refractivity contribution >= 4 is 0 Å². The van der Waals surface area contributed by atoms with Gasteiger partial charge in [-0.1, -0.05) is 13.3 Å². The molecule has 0 unspecified atom stereocenters. The van der Waals surface area contributed by atoms with Gasteiger partial charge in [0, 0.05) is 13.0 Å². The van der Waals surface area contributed by atoms with Gasteiger partial charge in [0.2, 0.25) is 5.82 Å². The Morgan fingerprint density at radius 1 is 1.48 bits per heavy atom. The van der Waals surface area contributed by atoms with Crippen LogP contribution < -0.4 is 11.2 Å². The number of unbranched alkanes of at least 4 members (excludes halogenated alkanes) is 1. The summed E-state index contributed by atoms with van der Waals surface area (Å²) >= 11 is 0. The third-order valence-corrected chi connectivity index (χ3v) is 3.71. The monoisotopic (exact) mass is 332 g/mol. The van der Waals surface area contributed by atoms with Gasteiger partial charge in [-0.2, -0.15) is 4.39 Å². The van der Waals surface area contributed by atoms with E-state index in [1.54, 1.807) is 0 Å². The van der Waals surface area contributed by atoms with Gasteiger partial charge in [0.25, 0.3) is 5.56 Å². The molecule has 8 nitrogen and oxygen atoms in total.